The predicted molar refractivity (Wildman–Crippen MR) is 105 cm³/mol. The second-order valence-corrected chi connectivity index (χ2v) is 7.72. The number of rotatable bonds is 6. The van der Waals surface area contributed by atoms with Crippen molar-refractivity contribution in [1.82, 2.24) is 9.88 Å². The Labute approximate surface area is 164 Å². The molecule has 10 heteroatoms. The monoisotopic (exact) mass is 411 g/mol. The summed E-state index contributed by atoms with van der Waals surface area (Å²) in [5, 5.41) is 4.48. The summed E-state index contributed by atoms with van der Waals surface area (Å²) >= 11 is 1.12. The third-order valence-corrected chi connectivity index (χ3v) is 5.25. The van der Waals surface area contributed by atoms with Crippen LogP contribution in [0, 0.1) is 5.92 Å². The number of carbonyl (C=O) groups excluding carboxylic acids is 1. The lowest BCUT2D eigenvalue weighted by Crippen LogP contribution is -2.37. The summed E-state index contributed by atoms with van der Waals surface area (Å²) in [6.07, 6.45) is -4.04. The number of aliphatic imine (C=N–C) groups is 1. The minimum atomic E-state index is -4.73. The van der Waals surface area contributed by atoms with E-state index in [4.69, 9.17) is 0 Å². The van der Waals surface area contributed by atoms with Gasteiger partial charge in [0, 0.05) is 12.3 Å². The number of para-hydroxylation sites is 1. The number of halogens is 3. The summed E-state index contributed by atoms with van der Waals surface area (Å²) < 4.78 is 41.4. The van der Waals surface area contributed by atoms with Crippen LogP contribution in [0.3, 0.4) is 0 Å². The molecule has 150 valence electrons. The standard InChI is InChI=1S/C18H20F3N5OS/c1-11(22-9-6-10-25(2)3)14-15(18(19,20)21)24-26(16(14)27)17-23-12-7-4-5-8-13(12)28-17/h4-5,7-8,14H,6,9-10H2,1-3H3. The SMILES string of the molecule is CC(=NCCCN(C)C)C1C(=O)N(c2nc3ccccc3s2)N=C1C(F)(F)F. The maximum absolute atomic E-state index is 13.5. The number of nitrogens with zero attached hydrogens (tertiary/aromatic N) is 5. The molecule has 0 fully saturated rings. The van der Waals surface area contributed by atoms with E-state index in [0.29, 0.717) is 18.5 Å². The molecule has 1 unspecified atom stereocenters. The molecule has 0 aliphatic carbocycles. The number of hydrogen-bond donors (Lipinski definition) is 0. The van der Waals surface area contributed by atoms with Crippen molar-refractivity contribution in [3.63, 3.8) is 0 Å². The highest BCUT2D eigenvalue weighted by molar-refractivity contribution is 7.22. The Morgan fingerprint density at radius 1 is 1.32 bits per heavy atom. The summed E-state index contributed by atoms with van der Waals surface area (Å²) in [7, 11) is 3.81. The van der Waals surface area contributed by atoms with E-state index in [1.54, 1.807) is 24.3 Å². The summed E-state index contributed by atoms with van der Waals surface area (Å²) in [5.41, 5.74) is -0.425. The molecule has 3 rings (SSSR count). The number of hydrogen-bond acceptors (Lipinski definition) is 6. The zero-order chi connectivity index (χ0) is 20.5. The van der Waals surface area contributed by atoms with E-state index in [0.717, 1.165) is 27.6 Å². The summed E-state index contributed by atoms with van der Waals surface area (Å²) in [5.74, 6) is -2.31. The first-order valence-corrected chi connectivity index (χ1v) is 9.51. The summed E-state index contributed by atoms with van der Waals surface area (Å²) in [4.78, 5) is 23.2. The van der Waals surface area contributed by atoms with E-state index in [1.165, 1.54) is 6.92 Å². The van der Waals surface area contributed by atoms with E-state index >= 15 is 0 Å². The van der Waals surface area contributed by atoms with Crippen molar-refractivity contribution in [2.45, 2.75) is 19.5 Å². The van der Waals surface area contributed by atoms with Crippen LogP contribution in [-0.4, -0.2) is 60.6 Å². The fraction of sp³-hybridized carbons (Fsp3) is 0.444. The Balaban J connectivity index is 1.89. The Morgan fingerprint density at radius 2 is 2.04 bits per heavy atom. The van der Waals surface area contributed by atoms with Crippen LogP contribution in [0.25, 0.3) is 10.2 Å². The van der Waals surface area contributed by atoms with Gasteiger partial charge in [-0.25, -0.2) is 4.98 Å². The van der Waals surface area contributed by atoms with Crippen molar-refractivity contribution in [3.05, 3.63) is 24.3 Å². The number of fused-ring (bicyclic) bond motifs is 1. The maximum Gasteiger partial charge on any atom is 0.432 e. The fourth-order valence-corrected chi connectivity index (χ4v) is 3.80. The van der Waals surface area contributed by atoms with Crippen molar-refractivity contribution in [1.29, 1.82) is 0 Å². The average molecular weight is 411 g/mol. The quantitative estimate of drug-likeness (QED) is 0.539. The largest absolute Gasteiger partial charge is 0.432 e. The van der Waals surface area contributed by atoms with Gasteiger partial charge in [0.15, 0.2) is 5.71 Å². The van der Waals surface area contributed by atoms with Crippen LogP contribution in [0.2, 0.25) is 0 Å². The van der Waals surface area contributed by atoms with Crippen LogP contribution < -0.4 is 5.01 Å². The van der Waals surface area contributed by atoms with Crippen LogP contribution in [0.1, 0.15) is 13.3 Å². The topological polar surface area (TPSA) is 61.2 Å². The van der Waals surface area contributed by atoms with Crippen LogP contribution >= 0.6 is 11.3 Å². The molecular formula is C18H20F3N5OS. The van der Waals surface area contributed by atoms with Gasteiger partial charge in [-0.1, -0.05) is 23.5 Å². The molecule has 28 heavy (non-hydrogen) atoms. The summed E-state index contributed by atoms with van der Waals surface area (Å²) in [6.45, 7) is 2.55. The maximum atomic E-state index is 13.5. The van der Waals surface area contributed by atoms with E-state index in [2.05, 4.69) is 15.1 Å². The Hall–Kier alpha value is -2.33. The molecule has 0 bridgehead atoms. The number of thiazole rings is 1. The molecule has 0 spiro atoms. The van der Waals surface area contributed by atoms with E-state index in [1.807, 2.05) is 19.0 Å². The van der Waals surface area contributed by atoms with Crippen molar-refractivity contribution in [3.8, 4) is 0 Å². The summed E-state index contributed by atoms with van der Waals surface area (Å²) in [6, 6.07) is 7.10. The lowest BCUT2D eigenvalue weighted by molar-refractivity contribution is -0.119. The normalized spacial score (nSPS) is 18.5. The van der Waals surface area contributed by atoms with E-state index in [9.17, 15) is 18.0 Å². The van der Waals surface area contributed by atoms with Crippen molar-refractivity contribution < 1.29 is 18.0 Å². The Morgan fingerprint density at radius 3 is 2.68 bits per heavy atom. The van der Waals surface area contributed by atoms with Gasteiger partial charge in [0.05, 0.1) is 10.2 Å². The highest BCUT2D eigenvalue weighted by Gasteiger charge is 2.52. The van der Waals surface area contributed by atoms with E-state index in [-0.39, 0.29) is 10.8 Å². The van der Waals surface area contributed by atoms with Gasteiger partial charge in [-0.3, -0.25) is 9.79 Å². The Kier molecular flexibility index (Phi) is 5.80. The van der Waals surface area contributed by atoms with Crippen LogP contribution in [0.5, 0.6) is 0 Å². The van der Waals surface area contributed by atoms with Gasteiger partial charge in [-0.05, 0) is 46.1 Å². The highest BCUT2D eigenvalue weighted by atomic mass is 32.1. The molecule has 1 aromatic heterocycles. The first-order chi connectivity index (χ1) is 13.2. The first kappa shape index (κ1) is 20.4. The fourth-order valence-electron chi connectivity index (χ4n) is 2.87. The average Bonchev–Trinajstić information content (AvgIpc) is 3.18. The van der Waals surface area contributed by atoms with Crippen molar-refractivity contribution >= 4 is 44.0 Å². The molecule has 1 aliphatic heterocycles. The van der Waals surface area contributed by atoms with Crippen molar-refractivity contribution in [2.24, 2.45) is 16.0 Å². The third-order valence-electron chi connectivity index (χ3n) is 4.23. The lowest BCUT2D eigenvalue weighted by Gasteiger charge is -2.14. The molecule has 0 N–H and O–H groups in total. The van der Waals surface area contributed by atoms with E-state index < -0.39 is 23.7 Å². The van der Waals surface area contributed by atoms with Gasteiger partial charge < -0.3 is 4.90 Å². The zero-order valence-electron chi connectivity index (χ0n) is 15.7. The van der Waals surface area contributed by atoms with Gasteiger partial charge in [0.1, 0.15) is 5.92 Å². The highest BCUT2D eigenvalue weighted by Crippen LogP contribution is 2.36. The molecule has 1 atom stereocenters. The van der Waals surface area contributed by atoms with Crippen molar-refractivity contribution in [2.75, 3.05) is 32.2 Å². The van der Waals surface area contributed by atoms with Gasteiger partial charge >= 0.3 is 6.18 Å². The number of amides is 1. The predicted octanol–water partition coefficient (Wildman–Crippen LogP) is 3.59. The molecule has 1 aliphatic rings. The van der Waals surface area contributed by atoms with Crippen LogP contribution in [0.15, 0.2) is 34.4 Å². The number of benzene rings is 1. The van der Waals surface area contributed by atoms with Gasteiger partial charge in [0.25, 0.3) is 5.91 Å². The first-order valence-electron chi connectivity index (χ1n) is 8.69. The lowest BCUT2D eigenvalue weighted by atomic mass is 9.98. The van der Waals surface area contributed by atoms with Crippen LogP contribution in [-0.2, 0) is 4.79 Å². The number of carbonyl (C=O) groups is 1. The smallest absolute Gasteiger partial charge is 0.309 e. The Bertz CT molecular complexity index is 902. The number of anilines is 1. The second kappa shape index (κ2) is 7.96. The van der Waals surface area contributed by atoms with Gasteiger partial charge in [0.2, 0.25) is 5.13 Å². The van der Waals surface area contributed by atoms with Gasteiger partial charge in [-0.15, -0.1) is 0 Å². The molecular weight excluding hydrogens is 391 g/mol. The second-order valence-electron chi connectivity index (χ2n) is 6.71. The number of aromatic nitrogens is 1. The van der Waals surface area contributed by atoms with Crippen LogP contribution in [0.4, 0.5) is 18.3 Å². The minimum absolute atomic E-state index is 0.114. The molecule has 1 aromatic carbocycles. The minimum Gasteiger partial charge on any atom is -0.309 e. The van der Waals surface area contributed by atoms with Gasteiger partial charge in [-0.2, -0.15) is 23.3 Å². The molecule has 0 saturated carbocycles. The molecule has 2 aromatic rings. The molecule has 2 heterocycles. The number of alkyl halides is 3. The zero-order valence-corrected chi connectivity index (χ0v) is 16.5. The molecule has 0 radical (unpaired) electrons. The molecule has 0 saturated heterocycles. The third kappa shape index (κ3) is 4.22. The number of hydrazone groups is 1. The molecule has 1 amide bonds. The molecule has 6 nitrogen and oxygen atoms in total.